The molecule has 0 unspecified atom stereocenters. The lowest BCUT2D eigenvalue weighted by molar-refractivity contribution is -0.129. The molecule has 28 heavy (non-hydrogen) atoms. The second kappa shape index (κ2) is 6.71. The highest BCUT2D eigenvalue weighted by Gasteiger charge is 2.56. The standard InChI is InChI=1S/C25H34O3/c1-24(2,3)14-22(26)21-10-9-20-19-8-5-15-13-16(23(27)28)6-7-17(15)18(19)11-12-25(20,21)4/h6-7,13,18-21H,5,8-12,14H2,1-4H3,(H,27,28)/t18-,19-,20+,21-,25+/m1/s1. The third-order valence-corrected chi connectivity index (χ3v) is 8.07. The van der Waals surface area contributed by atoms with Crippen molar-refractivity contribution in [3.63, 3.8) is 0 Å². The van der Waals surface area contributed by atoms with E-state index in [0.717, 1.165) is 32.1 Å². The zero-order chi connectivity index (χ0) is 20.3. The van der Waals surface area contributed by atoms with Crippen molar-refractivity contribution < 1.29 is 14.7 Å². The number of fused-ring (bicyclic) bond motifs is 5. The molecule has 3 aliphatic carbocycles. The molecule has 4 rings (SSSR count). The van der Waals surface area contributed by atoms with Crippen molar-refractivity contribution in [2.24, 2.45) is 28.6 Å². The topological polar surface area (TPSA) is 54.4 Å². The Morgan fingerprint density at radius 1 is 1.14 bits per heavy atom. The highest BCUT2D eigenvalue weighted by molar-refractivity contribution is 5.88. The Morgan fingerprint density at radius 2 is 1.89 bits per heavy atom. The van der Waals surface area contributed by atoms with E-state index in [9.17, 15) is 14.7 Å². The van der Waals surface area contributed by atoms with Crippen molar-refractivity contribution >= 4 is 11.8 Å². The van der Waals surface area contributed by atoms with Gasteiger partial charge in [0.05, 0.1) is 5.56 Å². The van der Waals surface area contributed by atoms with Crippen molar-refractivity contribution in [1.82, 2.24) is 0 Å². The van der Waals surface area contributed by atoms with Gasteiger partial charge < -0.3 is 5.11 Å². The largest absolute Gasteiger partial charge is 0.478 e. The second-order valence-corrected chi connectivity index (χ2v) is 11.0. The molecule has 3 nitrogen and oxygen atoms in total. The van der Waals surface area contributed by atoms with Crippen LogP contribution >= 0.6 is 0 Å². The first-order chi connectivity index (χ1) is 13.1. The van der Waals surface area contributed by atoms with Crippen LogP contribution in [-0.2, 0) is 11.2 Å². The van der Waals surface area contributed by atoms with Crippen LogP contribution in [0.5, 0.6) is 0 Å². The van der Waals surface area contributed by atoms with Crippen LogP contribution in [0.3, 0.4) is 0 Å². The van der Waals surface area contributed by atoms with E-state index < -0.39 is 5.97 Å². The molecule has 0 aromatic heterocycles. The molecule has 5 atom stereocenters. The molecule has 3 aliphatic rings. The Balaban J connectivity index is 1.58. The summed E-state index contributed by atoms with van der Waals surface area (Å²) >= 11 is 0. The predicted octanol–water partition coefficient (Wildman–Crippen LogP) is 5.86. The monoisotopic (exact) mass is 382 g/mol. The predicted molar refractivity (Wildman–Crippen MR) is 111 cm³/mol. The second-order valence-electron chi connectivity index (χ2n) is 11.0. The molecule has 0 bridgehead atoms. The van der Waals surface area contributed by atoms with Gasteiger partial charge in [-0.25, -0.2) is 4.79 Å². The Bertz CT molecular complexity index is 803. The summed E-state index contributed by atoms with van der Waals surface area (Å²) in [6.07, 6.45) is 7.31. The number of carboxylic acids is 1. The SMILES string of the molecule is CC(C)(C)CC(=O)[C@H]1CC[C@H]2[C@@H]3CCc4cc(C(=O)O)ccc4[C@H]3CC[C@]12C. The molecule has 152 valence electrons. The fraction of sp³-hybridized carbons (Fsp3) is 0.680. The third-order valence-electron chi connectivity index (χ3n) is 8.07. The molecule has 2 saturated carbocycles. The molecule has 1 N–H and O–H groups in total. The van der Waals surface area contributed by atoms with Crippen LogP contribution in [-0.4, -0.2) is 16.9 Å². The molecule has 0 radical (unpaired) electrons. The molecule has 0 heterocycles. The maximum Gasteiger partial charge on any atom is 0.335 e. The minimum atomic E-state index is -0.836. The zero-order valence-corrected chi connectivity index (χ0v) is 17.8. The van der Waals surface area contributed by atoms with Crippen molar-refractivity contribution in [3.8, 4) is 0 Å². The lowest BCUT2D eigenvalue weighted by Gasteiger charge is -2.51. The first kappa shape index (κ1) is 19.7. The van der Waals surface area contributed by atoms with Crippen LogP contribution in [0.25, 0.3) is 0 Å². The Labute approximate surface area is 168 Å². The molecule has 2 fully saturated rings. The Hall–Kier alpha value is -1.64. The fourth-order valence-electron chi connectivity index (χ4n) is 6.89. The van der Waals surface area contributed by atoms with Gasteiger partial charge in [-0.05, 0) is 90.4 Å². The number of carbonyl (C=O) groups is 2. The molecule has 3 heteroatoms. The average molecular weight is 383 g/mol. The molecule has 1 aromatic rings. The number of hydrogen-bond acceptors (Lipinski definition) is 2. The number of carboxylic acid groups (broad SMARTS) is 1. The van der Waals surface area contributed by atoms with Crippen LogP contribution in [0, 0.1) is 28.6 Å². The van der Waals surface area contributed by atoms with E-state index in [1.165, 1.54) is 17.5 Å². The number of hydrogen-bond donors (Lipinski definition) is 1. The normalized spacial score (nSPS) is 34.3. The van der Waals surface area contributed by atoms with E-state index >= 15 is 0 Å². The molecular formula is C25H34O3. The number of ketones is 1. The number of benzene rings is 1. The van der Waals surface area contributed by atoms with E-state index in [0.29, 0.717) is 35.5 Å². The lowest BCUT2D eigenvalue weighted by atomic mass is 9.53. The van der Waals surface area contributed by atoms with Crippen LogP contribution in [0.4, 0.5) is 0 Å². The molecule has 0 spiro atoms. The van der Waals surface area contributed by atoms with Crippen molar-refractivity contribution in [2.45, 2.75) is 78.6 Å². The van der Waals surface area contributed by atoms with Crippen LogP contribution in [0.2, 0.25) is 0 Å². The number of Topliss-reactive ketones (excluding diaryl/α,β-unsaturated/α-hetero) is 1. The summed E-state index contributed by atoms with van der Waals surface area (Å²) in [4.78, 5) is 24.5. The van der Waals surface area contributed by atoms with Crippen LogP contribution in [0.15, 0.2) is 18.2 Å². The Morgan fingerprint density at radius 3 is 2.57 bits per heavy atom. The number of aryl methyl sites for hydroxylation is 1. The minimum absolute atomic E-state index is 0.0638. The zero-order valence-electron chi connectivity index (χ0n) is 17.8. The Kier molecular flexibility index (Phi) is 4.71. The smallest absolute Gasteiger partial charge is 0.335 e. The summed E-state index contributed by atoms with van der Waals surface area (Å²) in [6.45, 7) is 8.90. The van der Waals surface area contributed by atoms with Gasteiger partial charge in [0, 0.05) is 12.3 Å². The number of rotatable bonds is 3. The van der Waals surface area contributed by atoms with E-state index in [4.69, 9.17) is 0 Å². The van der Waals surface area contributed by atoms with E-state index in [1.807, 2.05) is 6.07 Å². The quantitative estimate of drug-likeness (QED) is 0.712. The van der Waals surface area contributed by atoms with Crippen molar-refractivity contribution in [1.29, 1.82) is 0 Å². The van der Waals surface area contributed by atoms with Gasteiger partial charge in [0.2, 0.25) is 0 Å². The first-order valence-electron chi connectivity index (χ1n) is 11.0. The van der Waals surface area contributed by atoms with Crippen LogP contribution < -0.4 is 0 Å². The summed E-state index contributed by atoms with van der Waals surface area (Å²) in [5.41, 5.74) is 3.25. The molecule has 0 saturated heterocycles. The first-order valence-corrected chi connectivity index (χ1v) is 11.0. The van der Waals surface area contributed by atoms with Crippen molar-refractivity contribution in [3.05, 3.63) is 34.9 Å². The van der Waals surface area contributed by atoms with Gasteiger partial charge >= 0.3 is 5.97 Å². The number of carbonyl (C=O) groups excluding carboxylic acids is 1. The summed E-state index contributed by atoms with van der Waals surface area (Å²) in [7, 11) is 0. The third kappa shape index (κ3) is 3.21. The van der Waals surface area contributed by atoms with Gasteiger partial charge in [-0.2, -0.15) is 0 Å². The van der Waals surface area contributed by atoms with Gasteiger partial charge in [0.15, 0.2) is 0 Å². The summed E-state index contributed by atoms with van der Waals surface area (Å²) in [5, 5.41) is 9.31. The fourth-order valence-corrected chi connectivity index (χ4v) is 6.89. The van der Waals surface area contributed by atoms with Gasteiger partial charge in [-0.3, -0.25) is 4.79 Å². The highest BCUT2D eigenvalue weighted by Crippen LogP contribution is 2.63. The summed E-state index contributed by atoms with van der Waals surface area (Å²) in [5.74, 6) is 1.70. The minimum Gasteiger partial charge on any atom is -0.478 e. The average Bonchev–Trinajstić information content (AvgIpc) is 2.96. The van der Waals surface area contributed by atoms with Gasteiger partial charge in [-0.15, -0.1) is 0 Å². The van der Waals surface area contributed by atoms with Gasteiger partial charge in [0.25, 0.3) is 0 Å². The highest BCUT2D eigenvalue weighted by atomic mass is 16.4. The van der Waals surface area contributed by atoms with Gasteiger partial charge in [0.1, 0.15) is 5.78 Å². The molecule has 1 aromatic carbocycles. The van der Waals surface area contributed by atoms with Crippen LogP contribution in [0.1, 0.15) is 93.6 Å². The maximum atomic E-state index is 13.1. The molecular weight excluding hydrogens is 348 g/mol. The summed E-state index contributed by atoms with van der Waals surface area (Å²) in [6, 6.07) is 5.75. The van der Waals surface area contributed by atoms with Crippen molar-refractivity contribution in [2.75, 3.05) is 0 Å². The molecule has 0 amide bonds. The summed E-state index contributed by atoms with van der Waals surface area (Å²) < 4.78 is 0. The van der Waals surface area contributed by atoms with E-state index in [1.54, 1.807) is 6.07 Å². The lowest BCUT2D eigenvalue weighted by Crippen LogP contribution is -2.44. The molecule has 0 aliphatic heterocycles. The van der Waals surface area contributed by atoms with E-state index in [2.05, 4.69) is 33.8 Å². The van der Waals surface area contributed by atoms with Gasteiger partial charge in [-0.1, -0.05) is 33.8 Å². The maximum absolute atomic E-state index is 13.1. The van der Waals surface area contributed by atoms with E-state index in [-0.39, 0.29) is 16.7 Å². The number of aromatic carboxylic acids is 1.